The zero-order valence-electron chi connectivity index (χ0n) is 11.4. The fourth-order valence-corrected chi connectivity index (χ4v) is 2.10. The summed E-state index contributed by atoms with van der Waals surface area (Å²) in [4.78, 5) is 11.2. The lowest BCUT2D eigenvalue weighted by molar-refractivity contribution is 0.0697. The van der Waals surface area contributed by atoms with Gasteiger partial charge in [-0.3, -0.25) is 5.10 Å². The average molecular weight is 258 g/mol. The number of carboxylic acids is 1. The lowest BCUT2D eigenvalue weighted by Crippen LogP contribution is -1.99. The largest absolute Gasteiger partial charge is 0.478 e. The van der Waals surface area contributed by atoms with Gasteiger partial charge in [0.25, 0.3) is 0 Å². The molecular formula is C15H18N2O2. The number of hydrogen-bond donors (Lipinski definition) is 2. The Labute approximate surface area is 112 Å². The third kappa shape index (κ3) is 2.52. The molecular weight excluding hydrogens is 240 g/mol. The molecule has 0 aliphatic heterocycles. The minimum Gasteiger partial charge on any atom is -0.478 e. The highest BCUT2D eigenvalue weighted by atomic mass is 16.4. The summed E-state index contributed by atoms with van der Waals surface area (Å²) in [5.74, 6) is -0.443. The molecule has 4 heteroatoms. The molecule has 0 aliphatic carbocycles. The number of aromatic amines is 1. The van der Waals surface area contributed by atoms with Crippen molar-refractivity contribution in [3.8, 4) is 11.3 Å². The van der Waals surface area contributed by atoms with E-state index < -0.39 is 5.97 Å². The number of aryl methyl sites for hydroxylation is 1. The van der Waals surface area contributed by atoms with Gasteiger partial charge in [0.05, 0.1) is 0 Å². The Morgan fingerprint density at radius 3 is 2.53 bits per heavy atom. The van der Waals surface area contributed by atoms with E-state index in [9.17, 15) is 9.90 Å². The van der Waals surface area contributed by atoms with E-state index in [2.05, 4.69) is 24.0 Å². The highest BCUT2D eigenvalue weighted by Gasteiger charge is 2.18. The molecule has 1 aromatic heterocycles. The SMILES string of the molecule is CCC(C)c1ccc(-c2n[nH]c(C)c2C(=O)O)cc1. The first-order valence-electron chi connectivity index (χ1n) is 6.43. The predicted octanol–water partition coefficient (Wildman–Crippen LogP) is 3.60. The smallest absolute Gasteiger partial charge is 0.339 e. The van der Waals surface area contributed by atoms with Gasteiger partial charge in [0.1, 0.15) is 11.3 Å². The standard InChI is InChI=1S/C15H18N2O2/c1-4-9(2)11-5-7-12(8-6-11)14-13(15(18)19)10(3)16-17-14/h5-9H,4H2,1-3H3,(H,16,17)(H,18,19). The van der Waals surface area contributed by atoms with Gasteiger partial charge < -0.3 is 5.11 Å². The van der Waals surface area contributed by atoms with Crippen LogP contribution < -0.4 is 0 Å². The molecule has 0 spiro atoms. The van der Waals surface area contributed by atoms with E-state index in [0.29, 0.717) is 17.3 Å². The third-order valence-electron chi connectivity index (χ3n) is 3.53. The van der Waals surface area contributed by atoms with E-state index in [-0.39, 0.29) is 5.56 Å². The van der Waals surface area contributed by atoms with Crippen LogP contribution in [0.2, 0.25) is 0 Å². The molecule has 19 heavy (non-hydrogen) atoms. The number of rotatable bonds is 4. The molecule has 0 radical (unpaired) electrons. The lowest BCUT2D eigenvalue weighted by atomic mass is 9.96. The molecule has 0 aliphatic rings. The second kappa shape index (κ2) is 5.26. The van der Waals surface area contributed by atoms with Crippen molar-refractivity contribution in [1.82, 2.24) is 10.2 Å². The normalized spacial score (nSPS) is 12.4. The highest BCUT2D eigenvalue weighted by Crippen LogP contribution is 2.26. The molecule has 4 nitrogen and oxygen atoms in total. The quantitative estimate of drug-likeness (QED) is 0.880. The van der Waals surface area contributed by atoms with Gasteiger partial charge in [-0.15, -0.1) is 0 Å². The molecule has 1 aromatic carbocycles. The molecule has 0 amide bonds. The number of aromatic nitrogens is 2. The summed E-state index contributed by atoms with van der Waals surface area (Å²) in [5.41, 5.74) is 3.41. The summed E-state index contributed by atoms with van der Waals surface area (Å²) in [6, 6.07) is 7.95. The predicted molar refractivity (Wildman–Crippen MR) is 74.4 cm³/mol. The Bertz CT molecular complexity index is 585. The van der Waals surface area contributed by atoms with Gasteiger partial charge in [0.15, 0.2) is 0 Å². The second-order valence-corrected chi connectivity index (χ2v) is 4.81. The first kappa shape index (κ1) is 13.3. The maximum absolute atomic E-state index is 11.2. The summed E-state index contributed by atoms with van der Waals surface area (Å²) in [5, 5.41) is 16.0. The number of benzene rings is 1. The number of nitrogens with zero attached hydrogens (tertiary/aromatic N) is 1. The first-order valence-corrected chi connectivity index (χ1v) is 6.43. The molecule has 0 saturated carbocycles. The zero-order chi connectivity index (χ0) is 14.0. The Morgan fingerprint density at radius 2 is 2.00 bits per heavy atom. The maximum atomic E-state index is 11.2. The third-order valence-corrected chi connectivity index (χ3v) is 3.53. The molecule has 1 unspecified atom stereocenters. The number of hydrogen-bond acceptors (Lipinski definition) is 2. The van der Waals surface area contributed by atoms with Crippen molar-refractivity contribution in [3.05, 3.63) is 41.1 Å². The van der Waals surface area contributed by atoms with Crippen LogP contribution in [0.5, 0.6) is 0 Å². The summed E-state index contributed by atoms with van der Waals surface area (Å²) < 4.78 is 0. The van der Waals surface area contributed by atoms with E-state index >= 15 is 0 Å². The molecule has 100 valence electrons. The van der Waals surface area contributed by atoms with Gasteiger partial charge in [-0.05, 0) is 24.8 Å². The fourth-order valence-electron chi connectivity index (χ4n) is 2.10. The Kier molecular flexibility index (Phi) is 3.69. The van der Waals surface area contributed by atoms with Crippen molar-refractivity contribution < 1.29 is 9.90 Å². The molecule has 0 saturated heterocycles. The molecule has 1 atom stereocenters. The van der Waals surface area contributed by atoms with E-state index in [0.717, 1.165) is 12.0 Å². The van der Waals surface area contributed by atoms with Crippen molar-refractivity contribution in [2.24, 2.45) is 0 Å². The van der Waals surface area contributed by atoms with Crippen LogP contribution in [-0.4, -0.2) is 21.3 Å². The first-order chi connectivity index (χ1) is 9.04. The summed E-state index contributed by atoms with van der Waals surface area (Å²) in [7, 11) is 0. The molecule has 0 bridgehead atoms. The van der Waals surface area contributed by atoms with Gasteiger partial charge in [-0.25, -0.2) is 4.79 Å². The van der Waals surface area contributed by atoms with Gasteiger partial charge in [0, 0.05) is 11.3 Å². The van der Waals surface area contributed by atoms with Crippen molar-refractivity contribution in [2.75, 3.05) is 0 Å². The molecule has 2 rings (SSSR count). The number of carboxylic acid groups (broad SMARTS) is 1. The topological polar surface area (TPSA) is 66.0 Å². The van der Waals surface area contributed by atoms with Crippen molar-refractivity contribution in [2.45, 2.75) is 33.1 Å². The van der Waals surface area contributed by atoms with Crippen molar-refractivity contribution in [1.29, 1.82) is 0 Å². The number of H-pyrrole nitrogens is 1. The minimum atomic E-state index is -0.952. The average Bonchev–Trinajstić information content (AvgIpc) is 2.80. The van der Waals surface area contributed by atoms with E-state index in [1.807, 2.05) is 24.3 Å². The summed E-state index contributed by atoms with van der Waals surface area (Å²) in [6.07, 6.45) is 1.08. The number of carbonyl (C=O) groups is 1. The van der Waals surface area contributed by atoms with E-state index in [1.54, 1.807) is 6.92 Å². The van der Waals surface area contributed by atoms with Crippen LogP contribution >= 0.6 is 0 Å². The van der Waals surface area contributed by atoms with Crippen molar-refractivity contribution >= 4 is 5.97 Å². The fraction of sp³-hybridized carbons (Fsp3) is 0.333. The Balaban J connectivity index is 2.40. The Hall–Kier alpha value is -2.10. The number of nitrogens with one attached hydrogen (secondary N) is 1. The maximum Gasteiger partial charge on any atom is 0.339 e. The van der Waals surface area contributed by atoms with Gasteiger partial charge >= 0.3 is 5.97 Å². The summed E-state index contributed by atoms with van der Waals surface area (Å²) in [6.45, 7) is 6.04. The van der Waals surface area contributed by atoms with Crippen molar-refractivity contribution in [3.63, 3.8) is 0 Å². The van der Waals surface area contributed by atoms with E-state index in [4.69, 9.17) is 0 Å². The summed E-state index contributed by atoms with van der Waals surface area (Å²) >= 11 is 0. The van der Waals surface area contributed by atoms with Crippen LogP contribution in [0.3, 0.4) is 0 Å². The van der Waals surface area contributed by atoms with Crippen LogP contribution in [0, 0.1) is 6.92 Å². The molecule has 1 heterocycles. The molecule has 2 aromatic rings. The minimum absolute atomic E-state index is 0.247. The Morgan fingerprint density at radius 1 is 1.37 bits per heavy atom. The van der Waals surface area contributed by atoms with Crippen LogP contribution in [-0.2, 0) is 0 Å². The second-order valence-electron chi connectivity index (χ2n) is 4.81. The van der Waals surface area contributed by atoms with Gasteiger partial charge in [-0.1, -0.05) is 38.1 Å². The van der Waals surface area contributed by atoms with E-state index in [1.165, 1.54) is 5.56 Å². The zero-order valence-corrected chi connectivity index (χ0v) is 11.4. The molecule has 0 fully saturated rings. The monoisotopic (exact) mass is 258 g/mol. The highest BCUT2D eigenvalue weighted by molar-refractivity contribution is 5.96. The lowest BCUT2D eigenvalue weighted by Gasteiger charge is -2.09. The molecule has 2 N–H and O–H groups in total. The van der Waals surface area contributed by atoms with Gasteiger partial charge in [-0.2, -0.15) is 5.10 Å². The van der Waals surface area contributed by atoms with Crippen LogP contribution in [0.15, 0.2) is 24.3 Å². The van der Waals surface area contributed by atoms with Crippen LogP contribution in [0.25, 0.3) is 11.3 Å². The van der Waals surface area contributed by atoms with Crippen LogP contribution in [0.4, 0.5) is 0 Å². The number of aromatic carboxylic acids is 1. The van der Waals surface area contributed by atoms with Gasteiger partial charge in [0.2, 0.25) is 0 Å². The van der Waals surface area contributed by atoms with Crippen LogP contribution in [0.1, 0.15) is 47.8 Å².